The molecule has 1 fully saturated rings. The molecule has 3 aromatic rings. The summed E-state index contributed by atoms with van der Waals surface area (Å²) in [6.07, 6.45) is 0.591. The van der Waals surface area contributed by atoms with Gasteiger partial charge in [0.2, 0.25) is 0 Å². The molecule has 4 rings (SSSR count). The molecule has 0 bridgehead atoms. The third-order valence-corrected chi connectivity index (χ3v) is 5.28. The van der Waals surface area contributed by atoms with Crippen molar-refractivity contribution in [2.75, 3.05) is 26.2 Å². The average molecular weight is 428 g/mol. The fourth-order valence-electron chi connectivity index (χ4n) is 3.42. The van der Waals surface area contributed by atoms with Crippen molar-refractivity contribution in [3.63, 3.8) is 0 Å². The second kappa shape index (κ2) is 8.67. The van der Waals surface area contributed by atoms with Gasteiger partial charge in [0.1, 0.15) is 5.82 Å². The van der Waals surface area contributed by atoms with Gasteiger partial charge in [-0.1, -0.05) is 28.9 Å². The van der Waals surface area contributed by atoms with Crippen LogP contribution in [0.4, 0.5) is 4.39 Å². The van der Waals surface area contributed by atoms with Crippen molar-refractivity contribution in [3.8, 4) is 11.3 Å². The van der Waals surface area contributed by atoms with Crippen LogP contribution in [0.3, 0.4) is 0 Å². The van der Waals surface area contributed by atoms with Crippen LogP contribution in [0, 0.1) is 5.82 Å². The molecule has 8 heteroatoms. The van der Waals surface area contributed by atoms with Crippen molar-refractivity contribution in [1.82, 2.24) is 15.0 Å². The van der Waals surface area contributed by atoms with Gasteiger partial charge in [-0.2, -0.15) is 0 Å². The summed E-state index contributed by atoms with van der Waals surface area (Å²) in [5.41, 5.74) is 1.01. The SMILES string of the molecule is O=C(c1cc(-c2ccc(Cl)cc2)on1)N1CCCN(C(=O)c2ccccc2F)CC1. The van der Waals surface area contributed by atoms with E-state index in [1.54, 1.807) is 52.3 Å². The Labute approximate surface area is 177 Å². The predicted molar refractivity (Wildman–Crippen MR) is 110 cm³/mol. The van der Waals surface area contributed by atoms with Gasteiger partial charge in [0, 0.05) is 42.8 Å². The van der Waals surface area contributed by atoms with Crippen molar-refractivity contribution in [2.45, 2.75) is 6.42 Å². The molecule has 2 aromatic carbocycles. The fourth-order valence-corrected chi connectivity index (χ4v) is 3.54. The van der Waals surface area contributed by atoms with E-state index in [-0.39, 0.29) is 23.1 Å². The van der Waals surface area contributed by atoms with E-state index in [9.17, 15) is 14.0 Å². The monoisotopic (exact) mass is 427 g/mol. The lowest BCUT2D eigenvalue weighted by molar-refractivity contribution is 0.0711. The van der Waals surface area contributed by atoms with E-state index in [1.165, 1.54) is 12.1 Å². The van der Waals surface area contributed by atoms with Crippen molar-refractivity contribution >= 4 is 23.4 Å². The van der Waals surface area contributed by atoms with Gasteiger partial charge < -0.3 is 14.3 Å². The molecule has 0 saturated carbocycles. The molecule has 154 valence electrons. The molecule has 0 aliphatic carbocycles. The maximum atomic E-state index is 13.9. The molecule has 0 atom stereocenters. The van der Waals surface area contributed by atoms with Crippen molar-refractivity contribution in [2.24, 2.45) is 0 Å². The largest absolute Gasteiger partial charge is 0.355 e. The molecule has 1 aromatic heterocycles. The van der Waals surface area contributed by atoms with Gasteiger partial charge in [-0.3, -0.25) is 9.59 Å². The first-order valence-corrected chi connectivity index (χ1v) is 9.96. The second-order valence-electron chi connectivity index (χ2n) is 7.00. The minimum Gasteiger partial charge on any atom is -0.355 e. The van der Waals surface area contributed by atoms with Crippen LogP contribution in [0.1, 0.15) is 27.3 Å². The number of carbonyl (C=O) groups is 2. The molecule has 6 nitrogen and oxygen atoms in total. The van der Waals surface area contributed by atoms with Gasteiger partial charge in [-0.15, -0.1) is 0 Å². The minimum atomic E-state index is -0.544. The summed E-state index contributed by atoms with van der Waals surface area (Å²) in [5, 5.41) is 4.51. The van der Waals surface area contributed by atoms with Crippen LogP contribution < -0.4 is 0 Å². The summed E-state index contributed by atoms with van der Waals surface area (Å²) in [4.78, 5) is 28.7. The molecule has 0 N–H and O–H groups in total. The topological polar surface area (TPSA) is 66.7 Å². The van der Waals surface area contributed by atoms with Gasteiger partial charge in [0.25, 0.3) is 11.8 Å². The number of hydrogen-bond acceptors (Lipinski definition) is 4. The molecule has 0 radical (unpaired) electrons. The lowest BCUT2D eigenvalue weighted by Gasteiger charge is -2.21. The standard InChI is InChI=1S/C22H19ClFN3O3/c23-16-8-6-15(7-9-16)20-14-19(25-30-20)22(29)27-11-3-10-26(12-13-27)21(28)17-4-1-2-5-18(17)24/h1-2,4-9,14H,3,10-13H2. The Morgan fingerprint density at radius 3 is 2.30 bits per heavy atom. The van der Waals surface area contributed by atoms with Gasteiger partial charge in [0.05, 0.1) is 5.56 Å². The zero-order valence-electron chi connectivity index (χ0n) is 16.1. The highest BCUT2D eigenvalue weighted by molar-refractivity contribution is 6.30. The molecular formula is C22H19ClFN3O3. The fraction of sp³-hybridized carbons (Fsp3) is 0.227. The Morgan fingerprint density at radius 1 is 0.933 bits per heavy atom. The Hall–Kier alpha value is -3.19. The lowest BCUT2D eigenvalue weighted by Crippen LogP contribution is -2.37. The normalized spacial score (nSPS) is 14.5. The Balaban J connectivity index is 1.43. The first-order valence-electron chi connectivity index (χ1n) is 9.58. The van der Waals surface area contributed by atoms with Crippen LogP contribution in [0.2, 0.25) is 5.02 Å². The van der Waals surface area contributed by atoms with E-state index < -0.39 is 5.82 Å². The van der Waals surface area contributed by atoms with Gasteiger partial charge in [-0.25, -0.2) is 4.39 Å². The van der Waals surface area contributed by atoms with Crippen molar-refractivity contribution in [3.05, 3.63) is 76.7 Å². The maximum absolute atomic E-state index is 13.9. The lowest BCUT2D eigenvalue weighted by atomic mass is 10.1. The van der Waals surface area contributed by atoms with E-state index in [0.29, 0.717) is 43.4 Å². The summed E-state index contributed by atoms with van der Waals surface area (Å²) >= 11 is 5.90. The highest BCUT2D eigenvalue weighted by Crippen LogP contribution is 2.23. The number of nitrogens with zero attached hydrogens (tertiary/aromatic N) is 3. The Bertz CT molecular complexity index is 1070. The zero-order valence-corrected chi connectivity index (χ0v) is 16.8. The number of halogens is 2. The number of hydrogen-bond donors (Lipinski definition) is 0. The van der Waals surface area contributed by atoms with Crippen LogP contribution in [-0.4, -0.2) is 52.9 Å². The third kappa shape index (κ3) is 4.21. The third-order valence-electron chi connectivity index (χ3n) is 5.03. The smallest absolute Gasteiger partial charge is 0.276 e. The van der Waals surface area contributed by atoms with Crippen molar-refractivity contribution in [1.29, 1.82) is 0 Å². The first-order chi connectivity index (χ1) is 14.5. The summed E-state index contributed by atoms with van der Waals surface area (Å²) < 4.78 is 19.3. The molecule has 1 aliphatic rings. The molecule has 2 amide bonds. The molecule has 1 saturated heterocycles. The zero-order chi connectivity index (χ0) is 21.1. The van der Waals surface area contributed by atoms with E-state index in [0.717, 1.165) is 5.56 Å². The number of rotatable bonds is 3. The van der Waals surface area contributed by atoms with E-state index in [1.807, 2.05) is 0 Å². The van der Waals surface area contributed by atoms with Crippen LogP contribution in [0.25, 0.3) is 11.3 Å². The van der Waals surface area contributed by atoms with Crippen molar-refractivity contribution < 1.29 is 18.5 Å². The number of carbonyl (C=O) groups excluding carboxylic acids is 2. The molecular weight excluding hydrogens is 409 g/mol. The van der Waals surface area contributed by atoms with Gasteiger partial charge >= 0.3 is 0 Å². The molecule has 1 aliphatic heterocycles. The van der Waals surface area contributed by atoms with E-state index in [2.05, 4.69) is 5.16 Å². The highest BCUT2D eigenvalue weighted by atomic mass is 35.5. The Kier molecular flexibility index (Phi) is 5.81. The van der Waals surface area contributed by atoms with E-state index >= 15 is 0 Å². The van der Waals surface area contributed by atoms with Gasteiger partial charge in [-0.05, 0) is 42.8 Å². The van der Waals surface area contributed by atoms with Crippen LogP contribution in [-0.2, 0) is 0 Å². The quantitative estimate of drug-likeness (QED) is 0.630. The molecule has 0 unspecified atom stereocenters. The summed E-state index contributed by atoms with van der Waals surface area (Å²) in [6, 6.07) is 14.6. The summed E-state index contributed by atoms with van der Waals surface area (Å²) in [6.45, 7) is 1.58. The van der Waals surface area contributed by atoms with E-state index in [4.69, 9.17) is 16.1 Å². The predicted octanol–water partition coefficient (Wildman–Crippen LogP) is 4.12. The summed E-state index contributed by atoms with van der Waals surface area (Å²) in [5.74, 6) is -0.703. The minimum absolute atomic E-state index is 0.0429. The number of benzene rings is 2. The van der Waals surface area contributed by atoms with Crippen LogP contribution in [0.5, 0.6) is 0 Å². The van der Waals surface area contributed by atoms with Crippen LogP contribution in [0.15, 0.2) is 59.1 Å². The molecule has 2 heterocycles. The number of aromatic nitrogens is 1. The first kappa shape index (κ1) is 20.1. The van der Waals surface area contributed by atoms with Gasteiger partial charge in [0.15, 0.2) is 11.5 Å². The Morgan fingerprint density at radius 2 is 1.60 bits per heavy atom. The summed E-state index contributed by atoms with van der Waals surface area (Å²) in [7, 11) is 0. The molecule has 0 spiro atoms. The highest BCUT2D eigenvalue weighted by Gasteiger charge is 2.26. The average Bonchev–Trinajstić information content (AvgIpc) is 3.11. The second-order valence-corrected chi connectivity index (χ2v) is 7.44. The number of amides is 2. The van der Waals surface area contributed by atoms with Crippen LogP contribution >= 0.6 is 11.6 Å². The maximum Gasteiger partial charge on any atom is 0.276 e. The molecule has 30 heavy (non-hydrogen) atoms.